The summed E-state index contributed by atoms with van der Waals surface area (Å²) >= 11 is 0. The summed E-state index contributed by atoms with van der Waals surface area (Å²) in [5.74, 6) is 0.877. The van der Waals surface area contributed by atoms with Gasteiger partial charge in [0.1, 0.15) is 5.75 Å². The molecule has 1 fully saturated rings. The number of benzene rings is 2. The molecule has 5 rings (SSSR count). The van der Waals surface area contributed by atoms with E-state index in [0.29, 0.717) is 22.5 Å². The molecule has 0 N–H and O–H groups in total. The highest BCUT2D eigenvalue weighted by Gasteiger charge is 2.33. The van der Waals surface area contributed by atoms with Gasteiger partial charge in [0.05, 0.1) is 29.6 Å². The van der Waals surface area contributed by atoms with Gasteiger partial charge in [-0.3, -0.25) is 0 Å². The van der Waals surface area contributed by atoms with Gasteiger partial charge in [0, 0.05) is 17.0 Å². The lowest BCUT2D eigenvalue weighted by Crippen LogP contribution is -1.99. The molecular formula is C23H19F2N3O. The summed E-state index contributed by atoms with van der Waals surface area (Å²) in [6, 6.07) is 18.3. The fourth-order valence-corrected chi connectivity index (χ4v) is 3.67. The van der Waals surface area contributed by atoms with Gasteiger partial charge in [0.25, 0.3) is 6.43 Å². The Labute approximate surface area is 166 Å². The number of halogens is 2. The number of nitrogens with zero attached hydrogens (tertiary/aromatic N) is 3. The Hall–Kier alpha value is -3.28. The van der Waals surface area contributed by atoms with Gasteiger partial charge in [-0.05, 0) is 43.2 Å². The molecule has 0 atom stereocenters. The number of pyridine rings is 1. The molecule has 6 heteroatoms. The maximum Gasteiger partial charge on any atom is 0.264 e. The first-order valence-electron chi connectivity index (χ1n) is 9.57. The lowest BCUT2D eigenvalue weighted by atomic mass is 10.0. The van der Waals surface area contributed by atoms with Crippen LogP contribution in [0.5, 0.6) is 5.75 Å². The van der Waals surface area contributed by atoms with Crippen LogP contribution < -0.4 is 4.74 Å². The molecule has 2 aromatic carbocycles. The lowest BCUT2D eigenvalue weighted by molar-refractivity contribution is 0.153. The number of hydrogen-bond acceptors (Lipinski definition) is 3. The summed E-state index contributed by atoms with van der Waals surface area (Å²) in [6.45, 7) is 0. The Kier molecular flexibility index (Phi) is 4.27. The fraction of sp³-hybridized carbons (Fsp3) is 0.217. The maximum absolute atomic E-state index is 14.1. The van der Waals surface area contributed by atoms with Gasteiger partial charge < -0.3 is 4.74 Å². The molecule has 2 heterocycles. The van der Waals surface area contributed by atoms with Crippen molar-refractivity contribution in [3.63, 3.8) is 0 Å². The zero-order chi connectivity index (χ0) is 20.0. The number of alkyl halides is 2. The second-order valence-corrected chi connectivity index (χ2v) is 7.23. The van der Waals surface area contributed by atoms with Gasteiger partial charge in [-0.2, -0.15) is 5.10 Å². The Morgan fingerprint density at radius 2 is 1.83 bits per heavy atom. The van der Waals surface area contributed by atoms with Gasteiger partial charge >= 0.3 is 0 Å². The van der Waals surface area contributed by atoms with Crippen molar-refractivity contribution in [2.45, 2.75) is 25.2 Å². The van der Waals surface area contributed by atoms with Gasteiger partial charge in [-0.15, -0.1) is 0 Å². The summed E-state index contributed by atoms with van der Waals surface area (Å²) < 4.78 is 35.2. The molecule has 0 aliphatic heterocycles. The molecule has 4 nitrogen and oxygen atoms in total. The second kappa shape index (κ2) is 6.95. The van der Waals surface area contributed by atoms with Crippen molar-refractivity contribution < 1.29 is 13.5 Å². The van der Waals surface area contributed by atoms with Crippen molar-refractivity contribution in [2.24, 2.45) is 0 Å². The molecule has 146 valence electrons. The van der Waals surface area contributed by atoms with Crippen LogP contribution in [0.3, 0.4) is 0 Å². The van der Waals surface area contributed by atoms with E-state index >= 15 is 0 Å². The van der Waals surface area contributed by atoms with E-state index in [2.05, 4.69) is 0 Å². The smallest absolute Gasteiger partial charge is 0.264 e. The van der Waals surface area contributed by atoms with Crippen LogP contribution in [-0.2, 0) is 0 Å². The van der Waals surface area contributed by atoms with E-state index < -0.39 is 6.43 Å². The number of methoxy groups -OCH3 is 1. The highest BCUT2D eigenvalue weighted by Crippen LogP contribution is 2.45. The predicted octanol–water partition coefficient (Wildman–Crippen LogP) is 5.91. The minimum atomic E-state index is -2.62. The highest BCUT2D eigenvalue weighted by atomic mass is 19.3. The zero-order valence-corrected chi connectivity index (χ0v) is 15.8. The van der Waals surface area contributed by atoms with Gasteiger partial charge in [0.15, 0.2) is 5.65 Å². The summed E-state index contributed by atoms with van der Waals surface area (Å²) in [4.78, 5) is 4.78. The van der Waals surface area contributed by atoms with Crippen LogP contribution in [0, 0.1) is 0 Å². The lowest BCUT2D eigenvalue weighted by Gasteiger charge is -2.10. The van der Waals surface area contributed by atoms with Crippen molar-refractivity contribution >= 4 is 11.0 Å². The second-order valence-electron chi connectivity index (χ2n) is 7.23. The normalized spacial score (nSPS) is 13.9. The predicted molar refractivity (Wildman–Crippen MR) is 108 cm³/mol. The van der Waals surface area contributed by atoms with Gasteiger partial charge in [-0.1, -0.05) is 30.3 Å². The molecule has 4 aromatic rings. The Balaban J connectivity index is 1.81. The van der Waals surface area contributed by atoms with E-state index in [1.807, 2.05) is 48.5 Å². The third-order valence-electron chi connectivity index (χ3n) is 5.26. The summed E-state index contributed by atoms with van der Waals surface area (Å²) in [6.07, 6.45) is -0.668. The summed E-state index contributed by atoms with van der Waals surface area (Å²) in [7, 11) is 1.58. The van der Waals surface area contributed by atoms with Crippen molar-refractivity contribution in [1.29, 1.82) is 0 Å². The molecule has 2 aromatic heterocycles. The number of fused-ring (bicyclic) bond motifs is 1. The molecule has 0 spiro atoms. The molecule has 1 saturated carbocycles. The van der Waals surface area contributed by atoms with Crippen LogP contribution in [0.1, 0.15) is 36.4 Å². The van der Waals surface area contributed by atoms with Crippen LogP contribution in [0.4, 0.5) is 8.78 Å². The van der Waals surface area contributed by atoms with Crippen LogP contribution >= 0.6 is 0 Å². The highest BCUT2D eigenvalue weighted by molar-refractivity contribution is 5.87. The standard InChI is InChI=1S/C23H19F2N3O/c1-29-17-9-5-6-15(12-17)19-13-18(22(24)25)20-21(14-10-11-14)27-28(23(20)26-19)16-7-3-2-4-8-16/h2-9,12-14,22H,10-11H2,1H3. The maximum atomic E-state index is 14.1. The molecule has 0 unspecified atom stereocenters. The average Bonchev–Trinajstić information content (AvgIpc) is 3.53. The zero-order valence-electron chi connectivity index (χ0n) is 15.8. The van der Waals surface area contributed by atoms with Crippen LogP contribution in [0.2, 0.25) is 0 Å². The molecule has 0 saturated heterocycles. The number of ether oxygens (including phenoxy) is 1. The topological polar surface area (TPSA) is 39.9 Å². The van der Waals surface area contributed by atoms with Crippen molar-refractivity contribution in [2.75, 3.05) is 7.11 Å². The van der Waals surface area contributed by atoms with Crippen molar-refractivity contribution in [1.82, 2.24) is 14.8 Å². The summed E-state index contributed by atoms with van der Waals surface area (Å²) in [5, 5.41) is 5.21. The third-order valence-corrected chi connectivity index (χ3v) is 5.26. The largest absolute Gasteiger partial charge is 0.497 e. The quantitative estimate of drug-likeness (QED) is 0.424. The minimum absolute atomic E-state index is 0.0168. The number of hydrogen-bond donors (Lipinski definition) is 0. The molecule has 0 bridgehead atoms. The SMILES string of the molecule is COc1cccc(-c2cc(C(F)F)c3c(C4CC4)nn(-c4ccccc4)c3n2)c1. The Morgan fingerprint density at radius 3 is 2.52 bits per heavy atom. The molecular weight excluding hydrogens is 372 g/mol. The van der Waals surface area contributed by atoms with Crippen molar-refractivity contribution in [3.05, 3.63) is 71.9 Å². The van der Waals surface area contributed by atoms with E-state index in [0.717, 1.165) is 29.8 Å². The van der Waals surface area contributed by atoms with E-state index in [1.165, 1.54) is 6.07 Å². The molecule has 0 amide bonds. The Bertz CT molecular complexity index is 1180. The minimum Gasteiger partial charge on any atom is -0.497 e. The number of aromatic nitrogens is 3. The van der Waals surface area contributed by atoms with E-state index in [9.17, 15) is 8.78 Å². The average molecular weight is 391 g/mol. The molecule has 0 radical (unpaired) electrons. The summed E-state index contributed by atoms with van der Waals surface area (Å²) in [5.41, 5.74) is 3.18. The van der Waals surface area contributed by atoms with Gasteiger partial charge in [-0.25, -0.2) is 18.4 Å². The first-order chi connectivity index (χ1) is 14.2. The van der Waals surface area contributed by atoms with E-state index in [4.69, 9.17) is 14.8 Å². The van der Waals surface area contributed by atoms with Crippen molar-refractivity contribution in [3.8, 4) is 22.7 Å². The number of rotatable bonds is 5. The van der Waals surface area contributed by atoms with Crippen LogP contribution in [-0.4, -0.2) is 21.9 Å². The Morgan fingerprint density at radius 1 is 1.03 bits per heavy atom. The first-order valence-corrected chi connectivity index (χ1v) is 9.57. The molecule has 29 heavy (non-hydrogen) atoms. The monoisotopic (exact) mass is 391 g/mol. The van der Waals surface area contributed by atoms with Crippen LogP contribution in [0.25, 0.3) is 28.0 Å². The molecule has 1 aliphatic carbocycles. The fourth-order valence-electron chi connectivity index (χ4n) is 3.67. The third kappa shape index (κ3) is 3.14. The van der Waals surface area contributed by atoms with Gasteiger partial charge in [0.2, 0.25) is 0 Å². The van der Waals surface area contributed by atoms with Crippen LogP contribution in [0.15, 0.2) is 60.7 Å². The number of para-hydroxylation sites is 1. The first kappa shape index (κ1) is 17.8. The van der Waals surface area contributed by atoms with E-state index in [1.54, 1.807) is 17.9 Å². The van der Waals surface area contributed by atoms with E-state index in [-0.39, 0.29) is 11.5 Å². The molecule has 1 aliphatic rings.